The maximum atomic E-state index is 2.57. The highest BCUT2D eigenvalue weighted by Crippen LogP contribution is 2.43. The fraction of sp³-hybridized carbons (Fsp3) is 0. The van der Waals surface area contributed by atoms with Crippen LogP contribution in [0, 0.1) is 0 Å². The number of benzene rings is 18. The summed E-state index contributed by atoms with van der Waals surface area (Å²) in [5.41, 5.74) is 23.0. The lowest BCUT2D eigenvalue weighted by Crippen LogP contribution is -2.72. The SMILES string of the molecule is c1ccc([Si]2(c3ccccc3)c3cc(-c4cccc5ccccc45)ccc3-c3ccc(-n4c5ccc(-c6ccc(-c7ccc(-c8cc9ccccc9c9ccccc89)cc7)cc6)cc5c5cc(-c6ccc(-c7ccc(-c8cc9ccccc9c9ccccc89)cc7)cc6)ccc54)cc32)cc1. The minimum Gasteiger partial charge on any atom is -0.309 e. The molecule has 0 bridgehead atoms. The molecule has 0 N–H and O–H groups in total. The molecule has 19 aromatic rings. The average molecular weight is 1280 g/mol. The van der Waals surface area contributed by atoms with Gasteiger partial charge in [0.1, 0.15) is 0 Å². The minimum atomic E-state index is -2.99. The number of hydrogen-bond donors (Lipinski definition) is 0. The summed E-state index contributed by atoms with van der Waals surface area (Å²) in [4.78, 5) is 0. The van der Waals surface area contributed by atoms with Crippen LogP contribution in [0.1, 0.15) is 0 Å². The van der Waals surface area contributed by atoms with Crippen LogP contribution >= 0.6 is 0 Å². The molecule has 0 amide bonds. The van der Waals surface area contributed by atoms with Crippen molar-refractivity contribution in [1.82, 2.24) is 4.57 Å². The first-order valence-corrected chi connectivity index (χ1v) is 36.8. The second-order valence-electron chi connectivity index (χ2n) is 27.0. The molecule has 0 saturated heterocycles. The van der Waals surface area contributed by atoms with E-state index in [9.17, 15) is 0 Å². The lowest BCUT2D eigenvalue weighted by atomic mass is 9.92. The highest BCUT2D eigenvalue weighted by atomic mass is 28.3. The van der Waals surface area contributed by atoms with E-state index >= 15 is 0 Å². The Bertz CT molecular complexity index is 6160. The summed E-state index contributed by atoms with van der Waals surface area (Å²) >= 11 is 0. The quantitative estimate of drug-likeness (QED) is 0.0950. The van der Waals surface area contributed by atoms with E-state index in [1.54, 1.807) is 0 Å². The Morgan fingerprint density at radius 3 is 1.00 bits per heavy atom. The molecule has 0 aliphatic carbocycles. The number of rotatable bonds is 10. The van der Waals surface area contributed by atoms with E-state index in [-0.39, 0.29) is 0 Å². The molecule has 2 heterocycles. The zero-order valence-corrected chi connectivity index (χ0v) is 55.8. The van der Waals surface area contributed by atoms with Gasteiger partial charge in [-0.2, -0.15) is 0 Å². The van der Waals surface area contributed by atoms with Gasteiger partial charge in [0, 0.05) is 16.5 Å². The second kappa shape index (κ2) is 23.2. The maximum absolute atomic E-state index is 2.99. The van der Waals surface area contributed by atoms with Gasteiger partial charge in [-0.3, -0.25) is 0 Å². The number of aromatic nitrogens is 1. The maximum Gasteiger partial charge on any atom is 0.180 e. The highest BCUT2D eigenvalue weighted by molar-refractivity contribution is 7.22. The van der Waals surface area contributed by atoms with E-state index in [0.29, 0.717) is 0 Å². The predicted octanol–water partition coefficient (Wildman–Crippen LogP) is 23.6. The van der Waals surface area contributed by atoms with Crippen LogP contribution < -0.4 is 20.7 Å². The molecule has 0 spiro atoms. The largest absolute Gasteiger partial charge is 0.309 e. The summed E-state index contributed by atoms with van der Waals surface area (Å²) < 4.78 is 2.54. The highest BCUT2D eigenvalue weighted by Gasteiger charge is 2.49. The fourth-order valence-corrected chi connectivity index (χ4v) is 22.1. The standard InChI is InChI=1S/C98H63NSi/c1-3-22-79(23-4-1)100(80-24-5-2-6-25-80)97-62-77(82-33-17-21-70-18-7-10-26-81(70)82)50-54-89(97)90-55-53-78(63-98(90)100)99-95-56-51-73(68-38-34-64(35-39-68)66-42-46-71(47-43-66)91-60-75-19-8-11-27-83(75)85-29-13-15-31-87(85)91)58-93(95)94-59-74(52-57-96(94)99)69-40-36-65(37-41-69)67-44-48-72(49-45-67)92-61-76-20-9-12-28-84(76)86-30-14-16-32-88(86)92/h1-63H. The molecular weight excluding hydrogens is 1220 g/mol. The van der Waals surface area contributed by atoms with Crippen molar-refractivity contribution in [1.29, 1.82) is 0 Å². The minimum absolute atomic E-state index is 1.15. The first-order chi connectivity index (χ1) is 49.6. The van der Waals surface area contributed by atoms with Gasteiger partial charge < -0.3 is 4.57 Å². The lowest BCUT2D eigenvalue weighted by molar-refractivity contribution is 1.18. The van der Waals surface area contributed by atoms with Crippen molar-refractivity contribution in [3.05, 3.63) is 382 Å². The molecule has 0 saturated carbocycles. The van der Waals surface area contributed by atoms with Gasteiger partial charge in [0.25, 0.3) is 0 Å². The van der Waals surface area contributed by atoms with Crippen LogP contribution in [0.4, 0.5) is 0 Å². The normalized spacial score (nSPS) is 12.5. The Morgan fingerprint density at radius 2 is 0.520 bits per heavy atom. The van der Waals surface area contributed by atoms with Gasteiger partial charge in [-0.15, -0.1) is 0 Å². The van der Waals surface area contributed by atoms with Crippen LogP contribution in [0.5, 0.6) is 0 Å². The molecule has 0 unspecified atom stereocenters. The molecule has 0 atom stereocenters. The van der Waals surface area contributed by atoms with Crippen LogP contribution in [-0.2, 0) is 0 Å². The summed E-state index contributed by atoms with van der Waals surface area (Å²) in [6.45, 7) is 0. The van der Waals surface area contributed by atoms with Crippen molar-refractivity contribution < 1.29 is 0 Å². The molecule has 1 nitrogen and oxygen atoms in total. The molecule has 1 aliphatic heterocycles. The first-order valence-electron chi connectivity index (χ1n) is 34.8. The van der Waals surface area contributed by atoms with E-state index in [1.807, 2.05) is 0 Å². The van der Waals surface area contributed by atoms with Gasteiger partial charge in [-0.1, -0.05) is 334 Å². The third-order valence-corrected chi connectivity index (χ3v) is 26.5. The lowest BCUT2D eigenvalue weighted by Gasteiger charge is -2.32. The molecule has 0 radical (unpaired) electrons. The summed E-state index contributed by atoms with van der Waals surface area (Å²) in [7, 11) is -2.99. The van der Waals surface area contributed by atoms with E-state index in [0.717, 1.165) is 5.69 Å². The number of hydrogen-bond acceptors (Lipinski definition) is 0. The van der Waals surface area contributed by atoms with Crippen LogP contribution in [0.25, 0.3) is 170 Å². The van der Waals surface area contributed by atoms with E-state index < -0.39 is 8.07 Å². The monoisotopic (exact) mass is 1280 g/mol. The topological polar surface area (TPSA) is 4.93 Å². The molecule has 100 heavy (non-hydrogen) atoms. The molecule has 2 heteroatoms. The van der Waals surface area contributed by atoms with Gasteiger partial charge in [0.15, 0.2) is 8.07 Å². The Labute approximate surface area is 582 Å². The Hall–Kier alpha value is -12.7. The van der Waals surface area contributed by atoms with Gasteiger partial charge >= 0.3 is 0 Å². The number of fused-ring (bicyclic) bond motifs is 13. The molecule has 464 valence electrons. The van der Waals surface area contributed by atoms with Crippen molar-refractivity contribution in [2.45, 2.75) is 0 Å². The predicted molar refractivity (Wildman–Crippen MR) is 429 cm³/mol. The third-order valence-electron chi connectivity index (χ3n) is 21.7. The smallest absolute Gasteiger partial charge is 0.180 e. The van der Waals surface area contributed by atoms with Crippen molar-refractivity contribution in [2.24, 2.45) is 0 Å². The molecule has 1 aromatic heterocycles. The van der Waals surface area contributed by atoms with Gasteiger partial charge in [-0.25, -0.2) is 0 Å². The molecule has 1 aliphatic rings. The van der Waals surface area contributed by atoms with Crippen LogP contribution in [0.15, 0.2) is 382 Å². The Balaban J connectivity index is 0.704. The Morgan fingerprint density at radius 1 is 0.170 bits per heavy atom. The third kappa shape index (κ3) is 9.22. The summed E-state index contributed by atoms with van der Waals surface area (Å²) in [5.74, 6) is 0. The summed E-state index contributed by atoms with van der Waals surface area (Å²) in [5, 5.41) is 20.7. The molecule has 18 aromatic carbocycles. The van der Waals surface area contributed by atoms with E-state index in [4.69, 9.17) is 0 Å². The average Bonchev–Trinajstić information content (AvgIpc) is 1.51. The number of nitrogens with zero attached hydrogens (tertiary/aromatic N) is 1. The van der Waals surface area contributed by atoms with Gasteiger partial charge in [0.05, 0.1) is 11.0 Å². The van der Waals surface area contributed by atoms with E-state index in [2.05, 4.69) is 387 Å². The molecule has 20 rings (SSSR count). The zero-order valence-electron chi connectivity index (χ0n) is 54.8. The van der Waals surface area contributed by atoms with Crippen LogP contribution in [0.2, 0.25) is 0 Å². The van der Waals surface area contributed by atoms with Gasteiger partial charge in [0.2, 0.25) is 0 Å². The summed E-state index contributed by atoms with van der Waals surface area (Å²) in [6.07, 6.45) is 0. The second-order valence-corrected chi connectivity index (χ2v) is 30.7. The Kier molecular flexibility index (Phi) is 13.4. The van der Waals surface area contributed by atoms with Crippen molar-refractivity contribution in [3.63, 3.8) is 0 Å². The molecule has 0 fully saturated rings. The fourth-order valence-electron chi connectivity index (χ4n) is 16.9. The molecular formula is C98H63NSi. The zero-order chi connectivity index (χ0) is 65.8. The van der Waals surface area contributed by atoms with E-state index in [1.165, 1.54) is 185 Å². The first kappa shape index (κ1) is 57.5. The van der Waals surface area contributed by atoms with Crippen molar-refractivity contribution in [2.75, 3.05) is 0 Å². The van der Waals surface area contributed by atoms with Crippen molar-refractivity contribution in [3.8, 4) is 94.7 Å². The van der Waals surface area contributed by atoms with Gasteiger partial charge in [-0.05, 0) is 212 Å². The van der Waals surface area contributed by atoms with Crippen LogP contribution in [0.3, 0.4) is 0 Å². The van der Waals surface area contributed by atoms with Crippen molar-refractivity contribution >= 4 is 104 Å². The summed E-state index contributed by atoms with van der Waals surface area (Å²) in [6, 6.07) is 144. The van der Waals surface area contributed by atoms with Crippen LogP contribution in [-0.4, -0.2) is 12.6 Å².